The Hall–Kier alpha value is -1.79. The summed E-state index contributed by atoms with van der Waals surface area (Å²) in [6.45, 7) is 3.04. The van der Waals surface area contributed by atoms with Crippen molar-refractivity contribution in [2.45, 2.75) is 19.4 Å². The summed E-state index contributed by atoms with van der Waals surface area (Å²) >= 11 is 0. The molecule has 0 spiro atoms. The van der Waals surface area contributed by atoms with Crippen molar-refractivity contribution in [2.75, 3.05) is 13.1 Å². The molecule has 1 aromatic rings. The number of nitrogens with zero attached hydrogens (tertiary/aromatic N) is 1. The molecule has 0 radical (unpaired) electrons. The van der Waals surface area contributed by atoms with Crippen LogP contribution in [0.1, 0.15) is 24.1 Å². The highest BCUT2D eigenvalue weighted by atomic mass is 16.4. The van der Waals surface area contributed by atoms with Crippen LogP contribution in [-0.2, 0) is 11.2 Å². The Kier molecular flexibility index (Phi) is 3.46. The van der Waals surface area contributed by atoms with Gasteiger partial charge in [0.15, 0.2) is 0 Å². The zero-order valence-electron chi connectivity index (χ0n) is 9.81. The molecule has 0 aromatic heterocycles. The summed E-state index contributed by atoms with van der Waals surface area (Å²) in [6, 6.07) is 7.21. The van der Waals surface area contributed by atoms with Crippen molar-refractivity contribution < 1.29 is 9.90 Å². The number of benzene rings is 1. The summed E-state index contributed by atoms with van der Waals surface area (Å²) in [4.78, 5) is 13.3. The third-order valence-electron chi connectivity index (χ3n) is 3.08. The molecule has 0 amide bonds. The second-order valence-corrected chi connectivity index (χ2v) is 4.09. The molecule has 1 aliphatic heterocycles. The van der Waals surface area contributed by atoms with Crippen LogP contribution in [0.4, 0.5) is 0 Å². The largest absolute Gasteiger partial charge is 0.480 e. The predicted molar refractivity (Wildman–Crippen MR) is 65.5 cm³/mol. The fourth-order valence-corrected chi connectivity index (χ4v) is 2.26. The van der Waals surface area contributed by atoms with E-state index >= 15 is 0 Å². The lowest BCUT2D eigenvalue weighted by Gasteiger charge is -2.33. The molecule has 3 nitrogen and oxygen atoms in total. The van der Waals surface area contributed by atoms with Crippen LogP contribution in [0.25, 0.3) is 0 Å². The maximum Gasteiger partial charge on any atom is 0.325 e. The van der Waals surface area contributed by atoms with Gasteiger partial charge in [0.05, 0.1) is 6.54 Å². The lowest BCUT2D eigenvalue weighted by Crippen LogP contribution is -2.39. The lowest BCUT2D eigenvalue weighted by atomic mass is 9.92. The van der Waals surface area contributed by atoms with Gasteiger partial charge in [-0.25, -0.2) is 0 Å². The Bertz CT molecular complexity index is 484. The van der Waals surface area contributed by atoms with Gasteiger partial charge in [0.2, 0.25) is 0 Å². The molecule has 2 rings (SSSR count). The van der Waals surface area contributed by atoms with E-state index in [1.807, 2.05) is 29.2 Å². The summed E-state index contributed by atoms with van der Waals surface area (Å²) in [5.74, 6) is 4.96. The highest BCUT2D eigenvalue weighted by molar-refractivity contribution is 5.76. The van der Waals surface area contributed by atoms with Crippen molar-refractivity contribution in [3.63, 3.8) is 0 Å². The minimum absolute atomic E-state index is 0.516. The minimum Gasteiger partial charge on any atom is -0.480 e. The summed E-state index contributed by atoms with van der Waals surface area (Å²) in [6.07, 6.45) is 0.894. The first-order chi connectivity index (χ1) is 8.24. The normalized spacial score (nSPS) is 19.0. The SMILES string of the molecule is CC#CCN1CCc2ccccc2C1C(=O)O. The van der Waals surface area contributed by atoms with Gasteiger partial charge in [0, 0.05) is 6.54 Å². The topological polar surface area (TPSA) is 40.5 Å². The first-order valence-electron chi connectivity index (χ1n) is 5.68. The number of hydrogen-bond acceptors (Lipinski definition) is 2. The van der Waals surface area contributed by atoms with Crippen LogP contribution in [0, 0.1) is 11.8 Å². The van der Waals surface area contributed by atoms with E-state index in [0.29, 0.717) is 6.54 Å². The molecule has 0 saturated heterocycles. The van der Waals surface area contributed by atoms with Crippen molar-refractivity contribution in [3.8, 4) is 11.8 Å². The van der Waals surface area contributed by atoms with E-state index in [9.17, 15) is 9.90 Å². The number of aliphatic carboxylic acids is 1. The maximum atomic E-state index is 11.4. The van der Waals surface area contributed by atoms with Crippen LogP contribution >= 0.6 is 0 Å². The minimum atomic E-state index is -0.796. The highest BCUT2D eigenvalue weighted by Gasteiger charge is 2.31. The van der Waals surface area contributed by atoms with Gasteiger partial charge in [0.25, 0.3) is 0 Å². The van der Waals surface area contributed by atoms with Crippen LogP contribution in [0.2, 0.25) is 0 Å². The zero-order valence-corrected chi connectivity index (χ0v) is 9.81. The van der Waals surface area contributed by atoms with E-state index in [2.05, 4.69) is 11.8 Å². The van der Waals surface area contributed by atoms with Gasteiger partial charge in [-0.15, -0.1) is 5.92 Å². The van der Waals surface area contributed by atoms with E-state index in [-0.39, 0.29) is 0 Å². The van der Waals surface area contributed by atoms with Crippen LogP contribution < -0.4 is 0 Å². The predicted octanol–water partition coefficient (Wildman–Crippen LogP) is 1.69. The quantitative estimate of drug-likeness (QED) is 0.785. The number of fused-ring (bicyclic) bond motifs is 1. The molecule has 0 bridgehead atoms. The Morgan fingerprint density at radius 2 is 2.29 bits per heavy atom. The maximum absolute atomic E-state index is 11.4. The Labute approximate surface area is 101 Å². The molecule has 1 aromatic carbocycles. The van der Waals surface area contributed by atoms with Gasteiger partial charge in [-0.1, -0.05) is 30.2 Å². The van der Waals surface area contributed by atoms with Gasteiger partial charge < -0.3 is 5.11 Å². The number of carboxylic acid groups (broad SMARTS) is 1. The second-order valence-electron chi connectivity index (χ2n) is 4.09. The molecule has 3 heteroatoms. The number of hydrogen-bond donors (Lipinski definition) is 1. The molecule has 0 aliphatic carbocycles. The van der Waals surface area contributed by atoms with Crippen molar-refractivity contribution in [3.05, 3.63) is 35.4 Å². The van der Waals surface area contributed by atoms with Gasteiger partial charge in [-0.05, 0) is 24.5 Å². The number of rotatable bonds is 2. The van der Waals surface area contributed by atoms with Crippen LogP contribution in [0.5, 0.6) is 0 Å². The van der Waals surface area contributed by atoms with Gasteiger partial charge in [-0.2, -0.15) is 0 Å². The average Bonchev–Trinajstić information content (AvgIpc) is 2.35. The molecule has 1 aliphatic rings. The standard InChI is InChI=1S/C14H15NO2/c1-2-3-9-15-10-8-11-6-4-5-7-12(11)13(15)14(16)17/h4-7,13H,8-10H2,1H3,(H,16,17). The molecule has 1 atom stereocenters. The van der Waals surface area contributed by atoms with Crippen molar-refractivity contribution in [2.24, 2.45) is 0 Å². The van der Waals surface area contributed by atoms with E-state index < -0.39 is 12.0 Å². The van der Waals surface area contributed by atoms with E-state index in [0.717, 1.165) is 24.1 Å². The summed E-state index contributed by atoms with van der Waals surface area (Å²) in [5, 5.41) is 9.36. The lowest BCUT2D eigenvalue weighted by molar-refractivity contribution is -0.143. The molecule has 88 valence electrons. The molecule has 0 fully saturated rings. The fraction of sp³-hybridized carbons (Fsp3) is 0.357. The van der Waals surface area contributed by atoms with Crippen molar-refractivity contribution >= 4 is 5.97 Å². The number of carbonyl (C=O) groups is 1. The highest BCUT2D eigenvalue weighted by Crippen LogP contribution is 2.29. The third kappa shape index (κ3) is 2.32. The van der Waals surface area contributed by atoms with Crippen LogP contribution in [-0.4, -0.2) is 29.1 Å². The first-order valence-corrected chi connectivity index (χ1v) is 5.68. The fourth-order valence-electron chi connectivity index (χ4n) is 2.26. The van der Waals surface area contributed by atoms with E-state index in [1.54, 1.807) is 6.92 Å². The second kappa shape index (κ2) is 5.03. The van der Waals surface area contributed by atoms with Crippen LogP contribution in [0.15, 0.2) is 24.3 Å². The molecular weight excluding hydrogens is 214 g/mol. The number of carboxylic acids is 1. The van der Waals surface area contributed by atoms with Crippen molar-refractivity contribution in [1.29, 1.82) is 0 Å². The van der Waals surface area contributed by atoms with Crippen LogP contribution in [0.3, 0.4) is 0 Å². The zero-order chi connectivity index (χ0) is 12.3. The van der Waals surface area contributed by atoms with Crippen molar-refractivity contribution in [1.82, 2.24) is 4.90 Å². The smallest absolute Gasteiger partial charge is 0.325 e. The Morgan fingerprint density at radius 1 is 1.53 bits per heavy atom. The van der Waals surface area contributed by atoms with Gasteiger partial charge >= 0.3 is 5.97 Å². The molecule has 17 heavy (non-hydrogen) atoms. The monoisotopic (exact) mass is 229 g/mol. The summed E-state index contributed by atoms with van der Waals surface area (Å²) < 4.78 is 0. The first kappa shape index (κ1) is 11.7. The third-order valence-corrected chi connectivity index (χ3v) is 3.08. The van der Waals surface area contributed by atoms with E-state index in [4.69, 9.17) is 0 Å². The summed E-state index contributed by atoms with van der Waals surface area (Å²) in [7, 11) is 0. The van der Waals surface area contributed by atoms with Gasteiger partial charge in [0.1, 0.15) is 6.04 Å². The Balaban J connectivity index is 2.34. The van der Waals surface area contributed by atoms with Gasteiger partial charge in [-0.3, -0.25) is 9.69 Å². The molecule has 0 saturated carbocycles. The Morgan fingerprint density at radius 3 is 3.00 bits per heavy atom. The molecular formula is C14H15NO2. The summed E-state index contributed by atoms with van der Waals surface area (Å²) in [5.41, 5.74) is 2.05. The molecule has 1 N–H and O–H groups in total. The van der Waals surface area contributed by atoms with E-state index in [1.165, 1.54) is 0 Å². The average molecular weight is 229 g/mol. The molecule has 1 heterocycles. The molecule has 1 unspecified atom stereocenters.